The van der Waals surface area contributed by atoms with Crippen LogP contribution in [0.25, 0.3) is 0 Å². The van der Waals surface area contributed by atoms with Gasteiger partial charge in [-0.05, 0) is 19.1 Å². The summed E-state index contributed by atoms with van der Waals surface area (Å²) in [7, 11) is 0. The summed E-state index contributed by atoms with van der Waals surface area (Å²) in [5.74, 6) is 2.25. The van der Waals surface area contributed by atoms with E-state index < -0.39 is 0 Å². The number of fused-ring (bicyclic) bond motifs is 2. The minimum Gasteiger partial charge on any atom is -0.457 e. The van der Waals surface area contributed by atoms with Crippen LogP contribution >= 0.6 is 0 Å². The minimum atomic E-state index is -0.330. The molecule has 3 aromatic rings. The van der Waals surface area contributed by atoms with E-state index in [1.165, 1.54) is 0 Å². The van der Waals surface area contributed by atoms with Crippen LogP contribution in [0.5, 0.6) is 11.5 Å². The Hall–Kier alpha value is -3.41. The van der Waals surface area contributed by atoms with Crippen molar-refractivity contribution in [3.8, 4) is 11.5 Å². The first kappa shape index (κ1) is 17.7. The molecule has 3 heterocycles. The molecule has 2 aliphatic rings. The molecular formula is C23H22N4O2. The molecule has 0 spiro atoms. The fraction of sp³-hybridized carbons (Fsp3) is 0.261. The first-order valence-electron chi connectivity index (χ1n) is 9.89. The van der Waals surface area contributed by atoms with Gasteiger partial charge in [-0.25, -0.2) is 9.97 Å². The zero-order valence-corrected chi connectivity index (χ0v) is 16.3. The highest BCUT2D eigenvalue weighted by Crippen LogP contribution is 2.44. The van der Waals surface area contributed by atoms with Gasteiger partial charge in [-0.1, -0.05) is 36.4 Å². The van der Waals surface area contributed by atoms with Gasteiger partial charge in [-0.2, -0.15) is 0 Å². The normalized spacial score (nSPS) is 16.0. The molecule has 5 rings (SSSR count). The van der Waals surface area contributed by atoms with Crippen LogP contribution in [0.15, 0.2) is 60.9 Å². The maximum Gasteiger partial charge on any atom is 0.234 e. The van der Waals surface area contributed by atoms with Crippen LogP contribution in [-0.4, -0.2) is 47.0 Å². The number of benzene rings is 2. The molecule has 0 bridgehead atoms. The van der Waals surface area contributed by atoms with Crippen molar-refractivity contribution in [3.05, 3.63) is 77.7 Å². The van der Waals surface area contributed by atoms with Crippen molar-refractivity contribution in [1.82, 2.24) is 14.9 Å². The van der Waals surface area contributed by atoms with Gasteiger partial charge < -0.3 is 14.5 Å². The quantitative estimate of drug-likeness (QED) is 0.676. The van der Waals surface area contributed by atoms with Gasteiger partial charge in [-0.15, -0.1) is 0 Å². The number of rotatable bonds is 2. The second-order valence-corrected chi connectivity index (χ2v) is 7.44. The molecule has 1 saturated heterocycles. The van der Waals surface area contributed by atoms with Crippen LogP contribution in [0.3, 0.4) is 0 Å². The molecule has 2 aromatic carbocycles. The highest BCUT2D eigenvalue weighted by Gasteiger charge is 2.36. The topological polar surface area (TPSA) is 58.6 Å². The second kappa shape index (κ2) is 7.20. The van der Waals surface area contributed by atoms with E-state index in [1.54, 1.807) is 6.33 Å². The van der Waals surface area contributed by atoms with Gasteiger partial charge in [0.05, 0.1) is 5.92 Å². The number of piperazine rings is 1. The van der Waals surface area contributed by atoms with E-state index in [4.69, 9.17) is 4.74 Å². The molecule has 0 atom stereocenters. The molecule has 0 unspecified atom stereocenters. The molecule has 146 valence electrons. The highest BCUT2D eigenvalue weighted by atomic mass is 16.5. The molecule has 29 heavy (non-hydrogen) atoms. The van der Waals surface area contributed by atoms with Crippen molar-refractivity contribution in [2.45, 2.75) is 12.8 Å². The number of anilines is 1. The summed E-state index contributed by atoms with van der Waals surface area (Å²) in [6, 6.07) is 17.6. The maximum atomic E-state index is 13.6. The molecule has 0 saturated carbocycles. The lowest BCUT2D eigenvalue weighted by atomic mass is 9.86. The molecule has 6 heteroatoms. The maximum absolute atomic E-state index is 13.6. The third-order valence-electron chi connectivity index (χ3n) is 5.63. The predicted octanol–water partition coefficient (Wildman–Crippen LogP) is 3.37. The third-order valence-corrected chi connectivity index (χ3v) is 5.63. The van der Waals surface area contributed by atoms with E-state index in [0.29, 0.717) is 13.1 Å². The fourth-order valence-corrected chi connectivity index (χ4v) is 4.13. The SMILES string of the molecule is Cc1cc(N2CCN(C(=O)C3c4ccccc4Oc4ccccc43)CC2)ncn1. The molecule has 0 aliphatic carbocycles. The number of hydrogen-bond acceptors (Lipinski definition) is 5. The number of hydrogen-bond donors (Lipinski definition) is 0. The standard InChI is InChI=1S/C23H22N4O2/c1-16-14-21(25-15-24-16)26-10-12-27(13-11-26)23(28)22-17-6-2-4-8-19(17)29-20-9-5-3-7-18(20)22/h2-9,14-15,22H,10-13H2,1H3. The number of nitrogens with zero attached hydrogens (tertiary/aromatic N) is 4. The highest BCUT2D eigenvalue weighted by molar-refractivity contribution is 5.90. The molecule has 6 nitrogen and oxygen atoms in total. The Balaban J connectivity index is 1.39. The van der Waals surface area contributed by atoms with Crippen molar-refractivity contribution >= 4 is 11.7 Å². The summed E-state index contributed by atoms with van der Waals surface area (Å²) in [6.45, 7) is 4.82. The third kappa shape index (κ3) is 3.20. The average Bonchev–Trinajstić information content (AvgIpc) is 2.77. The first-order chi connectivity index (χ1) is 14.2. The second-order valence-electron chi connectivity index (χ2n) is 7.44. The number of ether oxygens (including phenoxy) is 1. The van der Waals surface area contributed by atoms with Crippen LogP contribution in [0.2, 0.25) is 0 Å². The Morgan fingerprint density at radius 3 is 2.17 bits per heavy atom. The van der Waals surface area contributed by atoms with Crippen molar-refractivity contribution in [2.75, 3.05) is 31.1 Å². The van der Waals surface area contributed by atoms with Crippen molar-refractivity contribution < 1.29 is 9.53 Å². The summed E-state index contributed by atoms with van der Waals surface area (Å²) in [5.41, 5.74) is 2.82. The molecule has 1 aromatic heterocycles. The smallest absolute Gasteiger partial charge is 0.234 e. The lowest BCUT2D eigenvalue weighted by Gasteiger charge is -2.38. The van der Waals surface area contributed by atoms with E-state index in [9.17, 15) is 4.79 Å². The number of para-hydroxylation sites is 2. The lowest BCUT2D eigenvalue weighted by Crippen LogP contribution is -2.50. The van der Waals surface area contributed by atoms with Crippen LogP contribution < -0.4 is 9.64 Å². The monoisotopic (exact) mass is 386 g/mol. The molecule has 2 aliphatic heterocycles. The Kier molecular flexibility index (Phi) is 4.39. The average molecular weight is 386 g/mol. The number of amides is 1. The van der Waals surface area contributed by atoms with E-state index in [1.807, 2.05) is 66.4 Å². The predicted molar refractivity (Wildman–Crippen MR) is 110 cm³/mol. The zero-order chi connectivity index (χ0) is 19.8. The molecule has 1 fully saturated rings. The van der Waals surface area contributed by atoms with E-state index >= 15 is 0 Å². The van der Waals surface area contributed by atoms with Gasteiger partial charge in [0, 0.05) is 49.1 Å². The van der Waals surface area contributed by atoms with E-state index in [2.05, 4.69) is 14.9 Å². The van der Waals surface area contributed by atoms with Gasteiger partial charge >= 0.3 is 0 Å². The van der Waals surface area contributed by atoms with Crippen LogP contribution in [0.1, 0.15) is 22.7 Å². The molecule has 0 N–H and O–H groups in total. The summed E-state index contributed by atoms with van der Waals surface area (Å²) >= 11 is 0. The molecule has 1 amide bonds. The number of aromatic nitrogens is 2. The molecular weight excluding hydrogens is 364 g/mol. The largest absolute Gasteiger partial charge is 0.457 e. The lowest BCUT2D eigenvalue weighted by molar-refractivity contribution is -0.132. The van der Waals surface area contributed by atoms with Gasteiger partial charge in [0.15, 0.2) is 0 Å². The zero-order valence-electron chi connectivity index (χ0n) is 16.3. The number of carbonyl (C=O) groups excluding carboxylic acids is 1. The Labute approximate surface area is 169 Å². The van der Waals surface area contributed by atoms with Gasteiger partial charge in [0.25, 0.3) is 0 Å². The van der Waals surface area contributed by atoms with Gasteiger partial charge in [-0.3, -0.25) is 4.79 Å². The Morgan fingerprint density at radius 2 is 1.55 bits per heavy atom. The van der Waals surface area contributed by atoms with Crippen LogP contribution in [0, 0.1) is 6.92 Å². The van der Waals surface area contributed by atoms with E-state index in [0.717, 1.165) is 47.2 Å². The fourth-order valence-electron chi connectivity index (χ4n) is 4.13. The van der Waals surface area contributed by atoms with Gasteiger partial charge in [0.1, 0.15) is 23.6 Å². The summed E-state index contributed by atoms with van der Waals surface area (Å²) in [5, 5.41) is 0. The Bertz CT molecular complexity index is 1010. The van der Waals surface area contributed by atoms with E-state index in [-0.39, 0.29) is 11.8 Å². The summed E-state index contributed by atoms with van der Waals surface area (Å²) < 4.78 is 6.04. The summed E-state index contributed by atoms with van der Waals surface area (Å²) in [4.78, 5) is 26.3. The number of carbonyl (C=O) groups is 1. The summed E-state index contributed by atoms with van der Waals surface area (Å²) in [6.07, 6.45) is 1.60. The van der Waals surface area contributed by atoms with Crippen molar-refractivity contribution in [2.24, 2.45) is 0 Å². The minimum absolute atomic E-state index is 0.131. The van der Waals surface area contributed by atoms with Crippen molar-refractivity contribution in [1.29, 1.82) is 0 Å². The molecule has 0 radical (unpaired) electrons. The van der Waals surface area contributed by atoms with Crippen LogP contribution in [0.4, 0.5) is 5.82 Å². The van der Waals surface area contributed by atoms with Crippen LogP contribution in [-0.2, 0) is 4.79 Å². The first-order valence-corrected chi connectivity index (χ1v) is 9.89. The van der Waals surface area contributed by atoms with Crippen molar-refractivity contribution in [3.63, 3.8) is 0 Å². The number of aryl methyl sites for hydroxylation is 1. The Morgan fingerprint density at radius 1 is 0.931 bits per heavy atom. The van der Waals surface area contributed by atoms with Gasteiger partial charge in [0.2, 0.25) is 5.91 Å².